The van der Waals surface area contributed by atoms with Gasteiger partial charge in [0, 0.05) is 17.5 Å². The molecule has 0 unspecified atom stereocenters. The molecule has 4 rings (SSSR count). The smallest absolute Gasteiger partial charge is 0.247 e. The van der Waals surface area contributed by atoms with Gasteiger partial charge in [-0.2, -0.15) is 4.98 Å². The first-order valence-corrected chi connectivity index (χ1v) is 10.8. The summed E-state index contributed by atoms with van der Waals surface area (Å²) in [4.78, 5) is 19.1. The summed E-state index contributed by atoms with van der Waals surface area (Å²) in [7, 11) is 0. The molecule has 1 aliphatic rings. The molecule has 1 atom stereocenters. The molecule has 1 amide bonds. The number of aromatic nitrogens is 3. The molecule has 0 saturated heterocycles. The molecule has 9 heteroatoms. The van der Waals surface area contributed by atoms with Crippen molar-refractivity contribution in [2.75, 3.05) is 11.2 Å². The van der Waals surface area contributed by atoms with Gasteiger partial charge in [-0.05, 0) is 18.4 Å². The highest BCUT2D eigenvalue weighted by Gasteiger charge is 2.36. The second kappa shape index (κ2) is 8.18. The molecule has 0 radical (unpaired) electrons. The number of rotatable bonds is 3. The van der Waals surface area contributed by atoms with Crippen molar-refractivity contribution >= 4 is 46.6 Å². The predicted molar refractivity (Wildman–Crippen MR) is 115 cm³/mol. The van der Waals surface area contributed by atoms with Crippen molar-refractivity contribution < 1.29 is 9.53 Å². The topological polar surface area (TPSA) is 68.2 Å². The summed E-state index contributed by atoms with van der Waals surface area (Å²) in [5, 5.41) is 9.63. The first-order chi connectivity index (χ1) is 14.0. The van der Waals surface area contributed by atoms with Gasteiger partial charge < -0.3 is 4.74 Å². The van der Waals surface area contributed by atoms with Crippen molar-refractivity contribution in [3.8, 4) is 17.1 Å². The normalized spacial score (nSPS) is 15.2. The molecule has 0 spiro atoms. The fourth-order valence-corrected chi connectivity index (χ4v) is 3.85. The monoisotopic (exact) mass is 446 g/mol. The fraction of sp³-hybridized carbons (Fsp3) is 0.200. The average molecular weight is 447 g/mol. The summed E-state index contributed by atoms with van der Waals surface area (Å²) in [6.07, 6.45) is 1.27. The van der Waals surface area contributed by atoms with Crippen LogP contribution in [0.1, 0.15) is 25.1 Å². The molecular formula is C20H16Cl2N4O2S. The quantitative estimate of drug-likeness (QED) is 0.501. The minimum Gasteiger partial charge on any atom is -0.447 e. The van der Waals surface area contributed by atoms with Crippen LogP contribution in [0.3, 0.4) is 0 Å². The number of hydrogen-bond donors (Lipinski definition) is 0. The Morgan fingerprint density at radius 1 is 1.17 bits per heavy atom. The summed E-state index contributed by atoms with van der Waals surface area (Å²) >= 11 is 14.1. The first-order valence-electron chi connectivity index (χ1n) is 8.85. The Morgan fingerprint density at radius 2 is 1.97 bits per heavy atom. The maximum absolute atomic E-state index is 13.0. The van der Waals surface area contributed by atoms with E-state index in [0.29, 0.717) is 37.7 Å². The molecule has 0 bridgehead atoms. The van der Waals surface area contributed by atoms with Gasteiger partial charge in [-0.15, -0.1) is 10.2 Å². The van der Waals surface area contributed by atoms with Gasteiger partial charge in [-0.1, -0.05) is 72.2 Å². The number of fused-ring (bicyclic) bond motifs is 3. The molecule has 2 aromatic carbocycles. The minimum atomic E-state index is -0.859. The zero-order valence-corrected chi connectivity index (χ0v) is 17.9. The Hall–Kier alpha value is -2.35. The van der Waals surface area contributed by atoms with Crippen LogP contribution < -0.4 is 9.64 Å². The number of thioether (sulfide) groups is 1. The number of nitrogens with zero attached hydrogens (tertiary/aromatic N) is 4. The van der Waals surface area contributed by atoms with Crippen LogP contribution in [0.2, 0.25) is 10.0 Å². The zero-order chi connectivity index (χ0) is 20.5. The number of carbonyl (C=O) groups excluding carboxylic acids is 1. The molecule has 0 saturated carbocycles. The number of carbonyl (C=O) groups is 1. The van der Waals surface area contributed by atoms with Crippen LogP contribution in [0.4, 0.5) is 5.69 Å². The Balaban J connectivity index is 2.01. The number of benzene rings is 2. The third-order valence-corrected chi connectivity index (χ3v) is 5.88. The van der Waals surface area contributed by atoms with E-state index in [1.54, 1.807) is 30.0 Å². The van der Waals surface area contributed by atoms with Crippen molar-refractivity contribution in [2.45, 2.75) is 24.7 Å². The van der Waals surface area contributed by atoms with E-state index < -0.39 is 6.23 Å². The maximum atomic E-state index is 13.0. The van der Waals surface area contributed by atoms with E-state index in [1.165, 1.54) is 11.8 Å². The molecular weight excluding hydrogens is 431 g/mol. The van der Waals surface area contributed by atoms with Gasteiger partial charge in [0.15, 0.2) is 5.69 Å². The largest absolute Gasteiger partial charge is 0.447 e. The fourth-order valence-electron chi connectivity index (χ4n) is 3.15. The molecule has 1 aromatic heterocycles. The van der Waals surface area contributed by atoms with Crippen molar-refractivity contribution in [2.24, 2.45) is 0 Å². The number of para-hydroxylation sites is 1. The molecule has 148 valence electrons. The lowest BCUT2D eigenvalue weighted by atomic mass is 10.1. The lowest BCUT2D eigenvalue weighted by Gasteiger charge is -2.31. The lowest BCUT2D eigenvalue weighted by Crippen LogP contribution is -2.37. The molecule has 3 aromatic rings. The van der Waals surface area contributed by atoms with Gasteiger partial charge in [0.25, 0.3) is 0 Å². The van der Waals surface area contributed by atoms with Gasteiger partial charge in [-0.3, -0.25) is 9.69 Å². The number of ether oxygens (including phenoxy) is 1. The van der Waals surface area contributed by atoms with E-state index in [4.69, 9.17) is 27.9 Å². The van der Waals surface area contributed by atoms with Crippen LogP contribution in [0.5, 0.6) is 5.88 Å². The minimum absolute atomic E-state index is 0.135. The second-order valence-corrected chi connectivity index (χ2v) is 7.76. The Morgan fingerprint density at radius 3 is 2.72 bits per heavy atom. The van der Waals surface area contributed by atoms with Gasteiger partial charge >= 0.3 is 0 Å². The van der Waals surface area contributed by atoms with Gasteiger partial charge in [0.05, 0.1) is 15.7 Å². The summed E-state index contributed by atoms with van der Waals surface area (Å²) in [6, 6.07) is 12.7. The lowest BCUT2D eigenvalue weighted by molar-refractivity contribution is -0.120. The summed E-state index contributed by atoms with van der Waals surface area (Å²) < 4.78 is 6.27. The summed E-state index contributed by atoms with van der Waals surface area (Å²) in [5.41, 5.74) is 2.38. The summed E-state index contributed by atoms with van der Waals surface area (Å²) in [6.45, 7) is 1.80. The van der Waals surface area contributed by atoms with Crippen LogP contribution in [0, 0.1) is 0 Å². The van der Waals surface area contributed by atoms with E-state index in [9.17, 15) is 4.79 Å². The molecule has 1 aliphatic heterocycles. The predicted octanol–water partition coefficient (Wildman–Crippen LogP) is 5.40. The van der Waals surface area contributed by atoms with E-state index in [0.717, 1.165) is 0 Å². The van der Waals surface area contributed by atoms with Crippen molar-refractivity contribution in [3.63, 3.8) is 0 Å². The SMILES string of the molecule is CCC(=O)N1c2ccccc2-c2nnc(SC)nc2O[C@@H]1c1cccc(Cl)c1Cl. The van der Waals surface area contributed by atoms with Crippen molar-refractivity contribution in [3.05, 3.63) is 58.1 Å². The summed E-state index contributed by atoms with van der Waals surface area (Å²) in [5.74, 6) is 0.147. The number of halogens is 2. The van der Waals surface area contributed by atoms with Crippen molar-refractivity contribution in [1.29, 1.82) is 0 Å². The molecule has 0 aliphatic carbocycles. The highest BCUT2D eigenvalue weighted by atomic mass is 35.5. The number of anilines is 1. The standard InChI is InChI=1S/C20H16Cl2N4O2S/c1-3-15(27)26-14-10-5-4-7-11(14)17-18(23-20(29-2)25-24-17)28-19(26)12-8-6-9-13(21)16(12)22/h4-10,19H,3H2,1-2H3/t19-/m1/s1. The van der Waals surface area contributed by atoms with Crippen molar-refractivity contribution in [1.82, 2.24) is 15.2 Å². The van der Waals surface area contributed by atoms with E-state index >= 15 is 0 Å². The maximum Gasteiger partial charge on any atom is 0.247 e. The van der Waals surface area contributed by atoms with Gasteiger partial charge in [-0.25, -0.2) is 0 Å². The van der Waals surface area contributed by atoms with Gasteiger partial charge in [0.2, 0.25) is 23.2 Å². The van der Waals surface area contributed by atoms with Gasteiger partial charge in [0.1, 0.15) is 0 Å². The molecule has 0 fully saturated rings. The first kappa shape index (κ1) is 19.9. The Labute approximate surface area is 182 Å². The third kappa shape index (κ3) is 3.54. The highest BCUT2D eigenvalue weighted by molar-refractivity contribution is 7.98. The van der Waals surface area contributed by atoms with Crippen LogP contribution >= 0.6 is 35.0 Å². The Kier molecular flexibility index (Phi) is 5.63. The van der Waals surface area contributed by atoms with E-state index in [-0.39, 0.29) is 18.2 Å². The average Bonchev–Trinajstić information content (AvgIpc) is 2.89. The van der Waals surface area contributed by atoms with Crippen LogP contribution in [-0.4, -0.2) is 27.3 Å². The number of hydrogen-bond acceptors (Lipinski definition) is 6. The van der Waals surface area contributed by atoms with E-state index in [1.807, 2.05) is 30.5 Å². The number of amides is 1. The van der Waals surface area contributed by atoms with Crippen LogP contribution in [0.15, 0.2) is 47.6 Å². The molecule has 29 heavy (non-hydrogen) atoms. The zero-order valence-electron chi connectivity index (χ0n) is 15.6. The van der Waals surface area contributed by atoms with Crippen LogP contribution in [0.25, 0.3) is 11.3 Å². The second-order valence-electron chi connectivity index (χ2n) is 6.20. The molecule has 6 nitrogen and oxygen atoms in total. The highest BCUT2D eigenvalue weighted by Crippen LogP contribution is 2.45. The third-order valence-electron chi connectivity index (χ3n) is 4.51. The Bertz CT molecular complexity index is 1100. The molecule has 2 heterocycles. The van der Waals surface area contributed by atoms with Crippen LogP contribution in [-0.2, 0) is 4.79 Å². The molecule has 0 N–H and O–H groups in total. The van der Waals surface area contributed by atoms with E-state index in [2.05, 4.69) is 15.2 Å².